The van der Waals surface area contributed by atoms with Crippen molar-refractivity contribution in [3.05, 3.63) is 12.4 Å². The minimum Gasteiger partial charge on any atom is -0.399 e. The van der Waals surface area contributed by atoms with E-state index in [1.165, 1.54) is 12.8 Å². The van der Waals surface area contributed by atoms with Crippen molar-refractivity contribution in [2.75, 3.05) is 32.0 Å². The molecule has 26 heavy (non-hydrogen) atoms. The average Bonchev–Trinajstić information content (AvgIpc) is 2.82. The maximum atomic E-state index is 9.11. The average molecular weight is 379 g/mol. The Labute approximate surface area is 161 Å². The zero-order chi connectivity index (χ0) is 18.8. The van der Waals surface area contributed by atoms with Crippen molar-refractivity contribution in [1.82, 2.24) is 14.9 Å². The summed E-state index contributed by atoms with van der Waals surface area (Å²) in [4.78, 5) is 11.3. The van der Waals surface area contributed by atoms with Gasteiger partial charge in [0.25, 0.3) is 0 Å². The Morgan fingerprint density at radius 2 is 1.88 bits per heavy atom. The van der Waals surface area contributed by atoms with Gasteiger partial charge in [-0.15, -0.1) is 0 Å². The van der Waals surface area contributed by atoms with E-state index in [1.807, 2.05) is 40.1 Å². The van der Waals surface area contributed by atoms with Crippen LogP contribution in [0.5, 0.6) is 0 Å². The first-order chi connectivity index (χ1) is 12.3. The van der Waals surface area contributed by atoms with Gasteiger partial charge in [-0.2, -0.15) is 0 Å². The van der Waals surface area contributed by atoms with Crippen LogP contribution in [0.4, 0.5) is 0 Å². The fourth-order valence-electron chi connectivity index (χ4n) is 3.33. The maximum absolute atomic E-state index is 9.11. The molecule has 6 nitrogen and oxygen atoms in total. The molecule has 0 bridgehead atoms. The van der Waals surface area contributed by atoms with E-state index in [4.69, 9.17) is 14.4 Å². The van der Waals surface area contributed by atoms with Crippen molar-refractivity contribution in [2.45, 2.75) is 56.9 Å². The summed E-state index contributed by atoms with van der Waals surface area (Å²) in [5.41, 5.74) is 0.152. The molecule has 3 heterocycles. The van der Waals surface area contributed by atoms with E-state index in [1.54, 1.807) is 11.8 Å². The molecule has 0 aromatic carbocycles. The Hall–Kier alpha value is -0.665. The Balaban J connectivity index is 1.52. The molecule has 0 unspecified atom stereocenters. The smallest absolute Gasteiger partial charge is 0.399 e. The van der Waals surface area contributed by atoms with Crippen molar-refractivity contribution in [1.29, 1.82) is 0 Å². The van der Waals surface area contributed by atoms with Gasteiger partial charge >= 0.3 is 7.12 Å². The molecule has 1 N–H and O–H groups in total. The normalized spacial score (nSPS) is 25.6. The second-order valence-electron chi connectivity index (χ2n) is 8.23. The van der Waals surface area contributed by atoms with Crippen LogP contribution in [0.1, 0.15) is 40.5 Å². The molecule has 3 rings (SSSR count). The fraction of sp³-hybridized carbons (Fsp3) is 0.778. The van der Waals surface area contributed by atoms with Crippen LogP contribution in [0.2, 0.25) is 0 Å². The molecule has 2 aliphatic heterocycles. The monoisotopic (exact) mass is 379 g/mol. The van der Waals surface area contributed by atoms with E-state index >= 15 is 0 Å². The Kier molecular flexibility index (Phi) is 6.29. The van der Waals surface area contributed by atoms with Crippen molar-refractivity contribution in [2.24, 2.45) is 5.92 Å². The van der Waals surface area contributed by atoms with Gasteiger partial charge < -0.3 is 19.3 Å². The molecule has 0 radical (unpaired) electrons. The lowest BCUT2D eigenvalue weighted by Gasteiger charge is -2.32. The van der Waals surface area contributed by atoms with Gasteiger partial charge in [0.2, 0.25) is 0 Å². The maximum Gasteiger partial charge on any atom is 0.498 e. The molecule has 8 heteroatoms. The van der Waals surface area contributed by atoms with Crippen molar-refractivity contribution in [3.63, 3.8) is 0 Å². The number of thioether (sulfide) groups is 1. The number of likely N-dealkylation sites (tertiary alicyclic amines) is 1. The van der Waals surface area contributed by atoms with Gasteiger partial charge in [0.15, 0.2) is 5.16 Å². The van der Waals surface area contributed by atoms with Crippen LogP contribution in [-0.4, -0.2) is 70.3 Å². The largest absolute Gasteiger partial charge is 0.498 e. The molecule has 1 aromatic rings. The van der Waals surface area contributed by atoms with E-state index in [0.29, 0.717) is 5.92 Å². The summed E-state index contributed by atoms with van der Waals surface area (Å²) in [6, 6.07) is 0. The molecule has 2 fully saturated rings. The molecular formula is C18H30BN3O3S. The zero-order valence-electron chi connectivity index (χ0n) is 16.3. The van der Waals surface area contributed by atoms with Crippen LogP contribution in [0, 0.1) is 5.92 Å². The summed E-state index contributed by atoms with van der Waals surface area (Å²) in [5.74, 6) is 1.64. The van der Waals surface area contributed by atoms with Gasteiger partial charge in [-0.1, -0.05) is 11.8 Å². The van der Waals surface area contributed by atoms with Gasteiger partial charge in [0.1, 0.15) is 0 Å². The van der Waals surface area contributed by atoms with Crippen LogP contribution >= 0.6 is 11.8 Å². The number of β-amino-alcohol motifs (C(OH)–C–C–N with tert-alkyl or cyclic N) is 1. The summed E-state index contributed by atoms with van der Waals surface area (Å²) in [6.07, 6.45) is 6.07. The molecule has 0 amide bonds. The van der Waals surface area contributed by atoms with Gasteiger partial charge in [-0.25, -0.2) is 9.97 Å². The highest BCUT2D eigenvalue weighted by Crippen LogP contribution is 2.36. The first kappa shape index (κ1) is 20.1. The van der Waals surface area contributed by atoms with E-state index in [-0.39, 0.29) is 17.8 Å². The Morgan fingerprint density at radius 1 is 1.23 bits per heavy atom. The highest BCUT2D eigenvalue weighted by atomic mass is 32.2. The molecule has 0 aliphatic carbocycles. The number of aromatic nitrogens is 2. The first-order valence-electron chi connectivity index (χ1n) is 9.44. The minimum atomic E-state index is -0.413. The Morgan fingerprint density at radius 3 is 2.50 bits per heavy atom. The lowest BCUT2D eigenvalue weighted by Crippen LogP contribution is -2.41. The van der Waals surface area contributed by atoms with E-state index < -0.39 is 7.12 Å². The lowest BCUT2D eigenvalue weighted by atomic mass is 9.81. The predicted molar refractivity (Wildman–Crippen MR) is 105 cm³/mol. The highest BCUT2D eigenvalue weighted by Gasteiger charge is 2.51. The third kappa shape index (κ3) is 4.59. The van der Waals surface area contributed by atoms with Crippen molar-refractivity contribution in [3.8, 4) is 0 Å². The number of piperidine rings is 1. The third-order valence-electron chi connectivity index (χ3n) is 5.64. The molecule has 0 spiro atoms. The van der Waals surface area contributed by atoms with E-state index in [0.717, 1.165) is 36.0 Å². The van der Waals surface area contributed by atoms with E-state index in [9.17, 15) is 0 Å². The highest BCUT2D eigenvalue weighted by molar-refractivity contribution is 7.99. The van der Waals surface area contributed by atoms with Crippen LogP contribution in [0.25, 0.3) is 0 Å². The summed E-state index contributed by atoms with van der Waals surface area (Å²) < 4.78 is 12.1. The molecule has 2 saturated heterocycles. The molecule has 2 aliphatic rings. The zero-order valence-corrected chi connectivity index (χ0v) is 17.1. The summed E-state index contributed by atoms with van der Waals surface area (Å²) >= 11 is 1.70. The number of rotatable bonds is 6. The van der Waals surface area contributed by atoms with E-state index in [2.05, 4.69) is 14.9 Å². The SMILES string of the molecule is CC1(C)OB(c2cnc(SC[C@H]3CCCN(CCO)C3)nc2)OC1(C)C. The number of nitrogens with zero attached hydrogens (tertiary/aromatic N) is 3. The van der Waals surface area contributed by atoms with Gasteiger partial charge in [-0.3, -0.25) is 0 Å². The number of hydrogen-bond acceptors (Lipinski definition) is 7. The predicted octanol–water partition coefficient (Wildman–Crippen LogP) is 1.57. The molecule has 144 valence electrons. The van der Waals surface area contributed by atoms with Gasteiger partial charge in [0, 0.05) is 36.7 Å². The summed E-state index contributed by atoms with van der Waals surface area (Å²) in [7, 11) is -0.413. The van der Waals surface area contributed by atoms with Gasteiger partial charge in [-0.05, 0) is 53.0 Å². The quantitative estimate of drug-likeness (QED) is 0.457. The summed E-state index contributed by atoms with van der Waals surface area (Å²) in [6.45, 7) is 11.3. The lowest BCUT2D eigenvalue weighted by molar-refractivity contribution is 0.00578. The second-order valence-corrected chi connectivity index (χ2v) is 9.22. The molecule has 0 saturated carbocycles. The van der Waals surface area contributed by atoms with Crippen LogP contribution in [-0.2, 0) is 9.31 Å². The van der Waals surface area contributed by atoms with Crippen LogP contribution in [0.15, 0.2) is 17.6 Å². The molecule has 1 atom stereocenters. The molecular weight excluding hydrogens is 349 g/mol. The number of aliphatic hydroxyl groups excluding tert-OH is 1. The second kappa shape index (κ2) is 8.14. The van der Waals surface area contributed by atoms with Gasteiger partial charge in [0.05, 0.1) is 17.8 Å². The number of hydrogen-bond donors (Lipinski definition) is 1. The van der Waals surface area contributed by atoms with Crippen LogP contribution < -0.4 is 5.46 Å². The van der Waals surface area contributed by atoms with Crippen LogP contribution in [0.3, 0.4) is 0 Å². The third-order valence-corrected chi connectivity index (χ3v) is 6.75. The topological polar surface area (TPSA) is 67.7 Å². The minimum absolute atomic E-state index is 0.239. The summed E-state index contributed by atoms with van der Waals surface area (Å²) in [5, 5.41) is 9.90. The van der Waals surface area contributed by atoms with Crippen molar-refractivity contribution >= 4 is 24.3 Å². The fourth-order valence-corrected chi connectivity index (χ4v) is 4.24. The standard InChI is InChI=1S/C18H30BN3O3S/c1-17(2)18(3,4)25-19(24-17)15-10-20-16(21-11-15)26-13-14-6-5-7-22(12-14)8-9-23/h10-11,14,23H,5-9,12-13H2,1-4H3/t14-/m0/s1. The Bertz CT molecular complexity index is 582. The first-order valence-corrected chi connectivity index (χ1v) is 10.4. The molecule has 1 aromatic heterocycles. The van der Waals surface area contributed by atoms with Crippen molar-refractivity contribution < 1.29 is 14.4 Å². The number of aliphatic hydroxyl groups is 1.